The minimum absolute atomic E-state index is 0.168. The Balaban J connectivity index is 2.18. The molecule has 1 heterocycles. The molecule has 0 saturated heterocycles. The molecular weight excluding hydrogens is 282 g/mol. The van der Waals surface area contributed by atoms with Gasteiger partial charge in [0, 0.05) is 10.4 Å². The van der Waals surface area contributed by atoms with Crippen molar-refractivity contribution in [3.05, 3.63) is 44.8 Å². The van der Waals surface area contributed by atoms with Crippen LogP contribution in [0.3, 0.4) is 0 Å². The van der Waals surface area contributed by atoms with Gasteiger partial charge in [-0.25, -0.2) is 4.68 Å². The van der Waals surface area contributed by atoms with E-state index in [0.29, 0.717) is 11.6 Å². The monoisotopic (exact) mass is 293 g/mol. The van der Waals surface area contributed by atoms with Crippen molar-refractivity contribution in [1.29, 1.82) is 0 Å². The summed E-state index contributed by atoms with van der Waals surface area (Å²) in [4.78, 5) is 12.1. The third kappa shape index (κ3) is 1.70. The molecule has 1 saturated carbocycles. The summed E-state index contributed by atoms with van der Waals surface area (Å²) in [7, 11) is 0. The van der Waals surface area contributed by atoms with Crippen molar-refractivity contribution in [1.82, 2.24) is 9.78 Å². The average molecular weight is 294 g/mol. The highest BCUT2D eigenvalue weighted by Gasteiger charge is 2.29. The van der Waals surface area contributed by atoms with Gasteiger partial charge in [0.05, 0.1) is 11.4 Å². The zero-order chi connectivity index (χ0) is 12.0. The smallest absolute Gasteiger partial charge is 0.294 e. The number of H-pyrrole nitrogens is 1. The van der Waals surface area contributed by atoms with Gasteiger partial charge in [0.15, 0.2) is 0 Å². The fraction of sp³-hybridized carbons (Fsp3) is 0.250. The predicted molar refractivity (Wildman–Crippen MR) is 70.5 cm³/mol. The highest BCUT2D eigenvalue weighted by Crippen LogP contribution is 2.41. The van der Waals surface area contributed by atoms with Crippen LogP contribution in [0.25, 0.3) is 5.69 Å². The van der Waals surface area contributed by atoms with Crippen molar-refractivity contribution >= 4 is 21.6 Å². The van der Waals surface area contributed by atoms with Crippen LogP contribution in [0.5, 0.6) is 0 Å². The zero-order valence-electron chi connectivity index (χ0n) is 9.11. The van der Waals surface area contributed by atoms with Gasteiger partial charge < -0.3 is 5.73 Å². The second-order valence-electron chi connectivity index (χ2n) is 4.31. The maximum Gasteiger partial charge on any atom is 0.294 e. The predicted octanol–water partition coefficient (Wildman–Crippen LogP) is 2.39. The van der Waals surface area contributed by atoms with Gasteiger partial charge >= 0.3 is 0 Å². The fourth-order valence-electron chi connectivity index (χ4n) is 1.95. The third-order valence-corrected chi connectivity index (χ3v) is 3.71. The summed E-state index contributed by atoms with van der Waals surface area (Å²) in [6.07, 6.45) is 2.22. The Bertz CT molecular complexity index is 625. The highest BCUT2D eigenvalue weighted by atomic mass is 79.9. The molecule has 1 aliphatic rings. The maximum atomic E-state index is 12.1. The summed E-state index contributed by atoms with van der Waals surface area (Å²) in [6.45, 7) is 0. The zero-order valence-corrected chi connectivity index (χ0v) is 10.7. The van der Waals surface area contributed by atoms with E-state index in [1.165, 1.54) is 4.68 Å². The molecule has 3 rings (SSSR count). The fourth-order valence-corrected chi connectivity index (χ4v) is 2.42. The lowest BCUT2D eigenvalue weighted by Crippen LogP contribution is -2.16. The van der Waals surface area contributed by atoms with Gasteiger partial charge in [0.2, 0.25) is 0 Å². The number of nitrogen functional groups attached to an aromatic ring is 1. The minimum Gasteiger partial charge on any atom is -0.393 e. The van der Waals surface area contributed by atoms with Crippen molar-refractivity contribution in [2.24, 2.45) is 0 Å². The Kier molecular flexibility index (Phi) is 2.36. The van der Waals surface area contributed by atoms with E-state index in [1.54, 1.807) is 0 Å². The number of hydrogen-bond donors (Lipinski definition) is 2. The van der Waals surface area contributed by atoms with E-state index < -0.39 is 0 Å². The number of aromatic amines is 1. The normalized spacial score (nSPS) is 15.1. The van der Waals surface area contributed by atoms with Crippen molar-refractivity contribution in [2.45, 2.75) is 18.8 Å². The van der Waals surface area contributed by atoms with Crippen LogP contribution < -0.4 is 11.3 Å². The van der Waals surface area contributed by atoms with Crippen LogP contribution in [0.15, 0.2) is 33.5 Å². The van der Waals surface area contributed by atoms with E-state index in [2.05, 4.69) is 21.0 Å². The van der Waals surface area contributed by atoms with Gasteiger partial charge in [-0.2, -0.15) is 0 Å². The molecule has 3 N–H and O–H groups in total. The summed E-state index contributed by atoms with van der Waals surface area (Å²) in [5.41, 5.74) is 7.70. The van der Waals surface area contributed by atoms with Crippen LogP contribution in [-0.2, 0) is 0 Å². The quantitative estimate of drug-likeness (QED) is 0.893. The summed E-state index contributed by atoms with van der Waals surface area (Å²) in [5.74, 6) is 0.437. The Morgan fingerprint density at radius 1 is 1.35 bits per heavy atom. The van der Waals surface area contributed by atoms with Crippen molar-refractivity contribution in [3.63, 3.8) is 0 Å². The number of halogens is 1. The average Bonchev–Trinajstić information content (AvgIpc) is 3.11. The number of benzene rings is 1. The molecule has 0 amide bonds. The Labute approximate surface area is 107 Å². The standard InChI is InChI=1S/C12H12BrN3O/c13-8-3-1-2-4-9(8)16-12(17)10(14)11(15-16)7-5-6-7/h1-4,7,15H,5-6,14H2. The van der Waals surface area contributed by atoms with Crippen molar-refractivity contribution < 1.29 is 0 Å². The van der Waals surface area contributed by atoms with Crippen LogP contribution >= 0.6 is 15.9 Å². The van der Waals surface area contributed by atoms with Crippen molar-refractivity contribution in [3.8, 4) is 5.69 Å². The van der Waals surface area contributed by atoms with Gasteiger partial charge in [-0.05, 0) is 40.9 Å². The van der Waals surface area contributed by atoms with Gasteiger partial charge in [0.25, 0.3) is 5.56 Å². The van der Waals surface area contributed by atoms with E-state index in [-0.39, 0.29) is 5.56 Å². The molecule has 1 fully saturated rings. The number of anilines is 1. The van der Waals surface area contributed by atoms with E-state index in [1.807, 2.05) is 24.3 Å². The number of aromatic nitrogens is 2. The van der Waals surface area contributed by atoms with Crippen LogP contribution in [0.2, 0.25) is 0 Å². The molecule has 1 aliphatic carbocycles. The lowest BCUT2D eigenvalue weighted by Gasteiger charge is -2.03. The first-order valence-corrected chi connectivity index (χ1v) is 6.33. The molecule has 1 aromatic carbocycles. The van der Waals surface area contributed by atoms with Gasteiger partial charge in [-0.1, -0.05) is 12.1 Å². The molecule has 0 atom stereocenters. The molecule has 4 nitrogen and oxygen atoms in total. The van der Waals surface area contributed by atoms with Crippen LogP contribution in [0.4, 0.5) is 5.69 Å². The van der Waals surface area contributed by atoms with Gasteiger partial charge in [-0.15, -0.1) is 0 Å². The largest absolute Gasteiger partial charge is 0.393 e. The molecule has 0 aliphatic heterocycles. The number of rotatable bonds is 2. The summed E-state index contributed by atoms with van der Waals surface area (Å²) in [5, 5.41) is 3.12. The minimum atomic E-state index is -0.168. The van der Waals surface area contributed by atoms with E-state index >= 15 is 0 Å². The van der Waals surface area contributed by atoms with E-state index in [0.717, 1.165) is 28.7 Å². The molecule has 0 radical (unpaired) electrons. The summed E-state index contributed by atoms with van der Waals surface area (Å²) in [6, 6.07) is 7.57. The second kappa shape index (κ2) is 3.77. The molecule has 0 bridgehead atoms. The van der Waals surface area contributed by atoms with Crippen LogP contribution in [-0.4, -0.2) is 9.78 Å². The first-order valence-electron chi connectivity index (χ1n) is 5.54. The van der Waals surface area contributed by atoms with Crippen LogP contribution in [0.1, 0.15) is 24.5 Å². The maximum absolute atomic E-state index is 12.1. The first kappa shape index (κ1) is 10.7. The lowest BCUT2D eigenvalue weighted by molar-refractivity contribution is 0.813. The molecule has 17 heavy (non-hydrogen) atoms. The molecular formula is C12H12BrN3O. The number of nitrogens with zero attached hydrogens (tertiary/aromatic N) is 1. The van der Waals surface area contributed by atoms with E-state index in [4.69, 9.17) is 5.73 Å². The van der Waals surface area contributed by atoms with Gasteiger partial charge in [0.1, 0.15) is 5.69 Å². The highest BCUT2D eigenvalue weighted by molar-refractivity contribution is 9.10. The molecule has 5 heteroatoms. The number of nitrogens with two attached hydrogens (primary N) is 1. The van der Waals surface area contributed by atoms with Crippen molar-refractivity contribution in [2.75, 3.05) is 5.73 Å². The second-order valence-corrected chi connectivity index (χ2v) is 5.16. The Morgan fingerprint density at radius 3 is 2.71 bits per heavy atom. The molecule has 0 spiro atoms. The Hall–Kier alpha value is -1.49. The summed E-state index contributed by atoms with van der Waals surface area (Å²) >= 11 is 3.43. The SMILES string of the molecule is Nc1c(C2CC2)[nH]n(-c2ccccc2Br)c1=O. The molecule has 88 valence electrons. The third-order valence-electron chi connectivity index (χ3n) is 3.03. The number of nitrogens with one attached hydrogen (secondary N) is 1. The summed E-state index contributed by atoms with van der Waals surface area (Å²) < 4.78 is 2.37. The van der Waals surface area contributed by atoms with Crippen LogP contribution in [0, 0.1) is 0 Å². The number of para-hydroxylation sites is 1. The molecule has 1 aromatic heterocycles. The Morgan fingerprint density at radius 2 is 2.06 bits per heavy atom. The topological polar surface area (TPSA) is 63.8 Å². The van der Waals surface area contributed by atoms with E-state index in [9.17, 15) is 4.79 Å². The first-order chi connectivity index (χ1) is 8.18. The number of hydrogen-bond acceptors (Lipinski definition) is 2. The molecule has 2 aromatic rings. The molecule has 0 unspecified atom stereocenters. The lowest BCUT2D eigenvalue weighted by atomic mass is 10.3. The van der Waals surface area contributed by atoms with Gasteiger partial charge in [-0.3, -0.25) is 9.89 Å².